The van der Waals surface area contributed by atoms with Gasteiger partial charge in [0.05, 0.1) is 12.2 Å². The lowest BCUT2D eigenvalue weighted by molar-refractivity contribution is 0.0595. The van der Waals surface area contributed by atoms with Crippen LogP contribution in [0.15, 0.2) is 0 Å². The zero-order chi connectivity index (χ0) is 10.1. The van der Waals surface area contributed by atoms with Gasteiger partial charge in [-0.1, -0.05) is 0 Å². The summed E-state index contributed by atoms with van der Waals surface area (Å²) < 4.78 is 5.72. The zero-order valence-electron chi connectivity index (χ0n) is 9.20. The zero-order valence-corrected chi connectivity index (χ0v) is 9.20. The molecule has 0 spiro atoms. The van der Waals surface area contributed by atoms with Gasteiger partial charge in [0, 0.05) is 18.1 Å². The van der Waals surface area contributed by atoms with Gasteiger partial charge in [-0.15, -0.1) is 0 Å². The Kier molecular flexibility index (Phi) is 3.10. The quantitative estimate of drug-likeness (QED) is 0.696. The largest absolute Gasteiger partial charge is 0.374 e. The number of rotatable bonds is 2. The first-order valence-electron chi connectivity index (χ1n) is 5.82. The maximum Gasteiger partial charge on any atom is 0.0704 e. The van der Waals surface area contributed by atoms with Gasteiger partial charge in [-0.3, -0.25) is 0 Å². The van der Waals surface area contributed by atoms with Gasteiger partial charge in [-0.25, -0.2) is 0 Å². The Morgan fingerprint density at radius 3 is 2.50 bits per heavy atom. The number of nitrogens with one attached hydrogen (secondary N) is 1. The van der Waals surface area contributed by atoms with Gasteiger partial charge < -0.3 is 15.8 Å². The fraction of sp³-hybridized carbons (Fsp3) is 1.00. The molecule has 1 aliphatic heterocycles. The molecule has 2 aliphatic rings. The summed E-state index contributed by atoms with van der Waals surface area (Å²) in [6.07, 6.45) is 5.47. The monoisotopic (exact) mass is 198 g/mol. The van der Waals surface area contributed by atoms with Crippen LogP contribution in [0.3, 0.4) is 0 Å². The molecule has 0 radical (unpaired) electrons. The number of hydrogen-bond acceptors (Lipinski definition) is 3. The van der Waals surface area contributed by atoms with E-state index in [4.69, 9.17) is 10.5 Å². The van der Waals surface area contributed by atoms with Gasteiger partial charge in [0.1, 0.15) is 0 Å². The van der Waals surface area contributed by atoms with Crippen LogP contribution in [0.4, 0.5) is 0 Å². The highest BCUT2D eigenvalue weighted by Crippen LogP contribution is 2.24. The molecule has 14 heavy (non-hydrogen) atoms. The van der Waals surface area contributed by atoms with E-state index in [1.165, 1.54) is 12.8 Å². The van der Waals surface area contributed by atoms with E-state index in [-0.39, 0.29) is 0 Å². The first-order chi connectivity index (χ1) is 6.65. The highest BCUT2D eigenvalue weighted by Gasteiger charge is 2.32. The molecular formula is C11H22N2O. The SMILES string of the molecule is CC1CC(NC2CCC(N)C2)C(C)O1. The van der Waals surface area contributed by atoms with Crippen LogP contribution in [0.2, 0.25) is 0 Å². The first kappa shape index (κ1) is 10.4. The molecule has 3 nitrogen and oxygen atoms in total. The average molecular weight is 198 g/mol. The fourth-order valence-corrected chi connectivity index (χ4v) is 2.74. The maximum atomic E-state index is 5.89. The Hall–Kier alpha value is -0.120. The van der Waals surface area contributed by atoms with E-state index in [1.807, 2.05) is 0 Å². The van der Waals surface area contributed by atoms with Crippen LogP contribution < -0.4 is 11.1 Å². The van der Waals surface area contributed by atoms with Crippen molar-refractivity contribution in [1.82, 2.24) is 5.32 Å². The van der Waals surface area contributed by atoms with Gasteiger partial charge >= 0.3 is 0 Å². The Balaban J connectivity index is 1.80. The van der Waals surface area contributed by atoms with Crippen molar-refractivity contribution in [3.05, 3.63) is 0 Å². The van der Waals surface area contributed by atoms with Crippen molar-refractivity contribution in [2.75, 3.05) is 0 Å². The lowest BCUT2D eigenvalue weighted by Crippen LogP contribution is -2.41. The summed E-state index contributed by atoms with van der Waals surface area (Å²) in [7, 11) is 0. The van der Waals surface area contributed by atoms with Crippen molar-refractivity contribution in [2.45, 2.75) is 69.9 Å². The number of nitrogens with two attached hydrogens (primary N) is 1. The predicted molar refractivity (Wildman–Crippen MR) is 57.2 cm³/mol. The normalized spacial score (nSPS) is 48.6. The molecule has 0 aromatic carbocycles. The van der Waals surface area contributed by atoms with E-state index >= 15 is 0 Å². The Morgan fingerprint density at radius 1 is 1.21 bits per heavy atom. The molecular weight excluding hydrogens is 176 g/mol. The molecule has 82 valence electrons. The van der Waals surface area contributed by atoms with Crippen molar-refractivity contribution in [3.63, 3.8) is 0 Å². The van der Waals surface area contributed by atoms with E-state index in [1.54, 1.807) is 0 Å². The van der Waals surface area contributed by atoms with Crippen LogP contribution in [0.25, 0.3) is 0 Å². The second kappa shape index (κ2) is 4.17. The summed E-state index contributed by atoms with van der Waals surface area (Å²) in [5.74, 6) is 0. The van der Waals surface area contributed by atoms with Gasteiger partial charge in [0.2, 0.25) is 0 Å². The highest BCUT2D eigenvalue weighted by atomic mass is 16.5. The summed E-state index contributed by atoms with van der Waals surface area (Å²) in [5, 5.41) is 3.68. The first-order valence-corrected chi connectivity index (χ1v) is 5.82. The van der Waals surface area contributed by atoms with Crippen LogP contribution in [0.1, 0.15) is 39.5 Å². The molecule has 1 saturated heterocycles. The molecule has 0 bridgehead atoms. The molecule has 2 rings (SSSR count). The summed E-state index contributed by atoms with van der Waals surface area (Å²) in [6.45, 7) is 4.31. The predicted octanol–water partition coefficient (Wildman–Crippen LogP) is 1.02. The molecule has 1 aliphatic carbocycles. The topological polar surface area (TPSA) is 47.3 Å². The van der Waals surface area contributed by atoms with Crippen molar-refractivity contribution in [1.29, 1.82) is 0 Å². The van der Waals surface area contributed by atoms with Crippen molar-refractivity contribution in [2.24, 2.45) is 5.73 Å². The summed E-state index contributed by atoms with van der Waals surface area (Å²) in [4.78, 5) is 0. The minimum atomic E-state index is 0.363. The van der Waals surface area contributed by atoms with Gasteiger partial charge in [0.15, 0.2) is 0 Å². The molecule has 0 amide bonds. The molecule has 5 atom stereocenters. The smallest absolute Gasteiger partial charge is 0.0704 e. The minimum absolute atomic E-state index is 0.363. The highest BCUT2D eigenvalue weighted by molar-refractivity contribution is 4.90. The second-order valence-corrected chi connectivity index (χ2v) is 4.93. The van der Waals surface area contributed by atoms with Crippen LogP contribution in [-0.4, -0.2) is 30.3 Å². The molecule has 5 unspecified atom stereocenters. The Bertz CT molecular complexity index is 198. The van der Waals surface area contributed by atoms with E-state index in [0.29, 0.717) is 30.3 Å². The van der Waals surface area contributed by atoms with E-state index in [0.717, 1.165) is 12.8 Å². The molecule has 0 aromatic rings. The number of ether oxygens (including phenoxy) is 1. The summed E-state index contributed by atoms with van der Waals surface area (Å²) in [6, 6.07) is 1.59. The summed E-state index contributed by atoms with van der Waals surface area (Å²) in [5.41, 5.74) is 5.89. The van der Waals surface area contributed by atoms with Gasteiger partial charge in [-0.2, -0.15) is 0 Å². The maximum absolute atomic E-state index is 5.89. The molecule has 1 saturated carbocycles. The Morgan fingerprint density at radius 2 is 2.00 bits per heavy atom. The van der Waals surface area contributed by atoms with Crippen molar-refractivity contribution >= 4 is 0 Å². The third kappa shape index (κ3) is 2.27. The number of hydrogen-bond donors (Lipinski definition) is 2. The minimum Gasteiger partial charge on any atom is -0.374 e. The van der Waals surface area contributed by atoms with Gasteiger partial charge in [-0.05, 0) is 39.5 Å². The average Bonchev–Trinajstić information content (AvgIpc) is 2.61. The Labute approximate surface area is 86.4 Å². The van der Waals surface area contributed by atoms with Crippen LogP contribution in [0, 0.1) is 0 Å². The van der Waals surface area contributed by atoms with Crippen molar-refractivity contribution < 1.29 is 4.74 Å². The molecule has 3 heteroatoms. The molecule has 0 aromatic heterocycles. The molecule has 2 fully saturated rings. The molecule has 3 N–H and O–H groups in total. The van der Waals surface area contributed by atoms with Crippen LogP contribution in [0.5, 0.6) is 0 Å². The van der Waals surface area contributed by atoms with Crippen LogP contribution >= 0.6 is 0 Å². The van der Waals surface area contributed by atoms with E-state index in [9.17, 15) is 0 Å². The molecule has 1 heterocycles. The van der Waals surface area contributed by atoms with E-state index < -0.39 is 0 Å². The third-order valence-electron chi connectivity index (χ3n) is 3.52. The summed E-state index contributed by atoms with van der Waals surface area (Å²) >= 11 is 0. The van der Waals surface area contributed by atoms with Crippen LogP contribution in [-0.2, 0) is 4.74 Å². The fourth-order valence-electron chi connectivity index (χ4n) is 2.74. The standard InChI is InChI=1S/C11H22N2O/c1-7-5-11(8(2)14-7)13-10-4-3-9(12)6-10/h7-11,13H,3-6,12H2,1-2H3. The van der Waals surface area contributed by atoms with Gasteiger partial charge in [0.25, 0.3) is 0 Å². The lowest BCUT2D eigenvalue weighted by atomic mass is 10.1. The third-order valence-corrected chi connectivity index (χ3v) is 3.52. The van der Waals surface area contributed by atoms with E-state index in [2.05, 4.69) is 19.2 Å². The second-order valence-electron chi connectivity index (χ2n) is 4.93. The van der Waals surface area contributed by atoms with Crippen molar-refractivity contribution in [3.8, 4) is 0 Å². The lowest BCUT2D eigenvalue weighted by Gasteiger charge is -2.21.